The number of carbonyl (C=O) groups is 1. The van der Waals surface area contributed by atoms with Crippen LogP contribution in [0.15, 0.2) is 60.8 Å². The number of allylic oxidation sites excluding steroid dienone is 1. The molecule has 1 heterocycles. The van der Waals surface area contributed by atoms with E-state index in [0.717, 1.165) is 28.4 Å². The molecule has 0 aliphatic heterocycles. The zero-order valence-electron chi connectivity index (χ0n) is 11.2. The molecular formula is C18H12ClNO. The Bertz CT molecular complexity index is 839. The van der Waals surface area contributed by atoms with E-state index in [9.17, 15) is 4.79 Å². The van der Waals surface area contributed by atoms with Crippen LogP contribution in [0.1, 0.15) is 5.56 Å². The molecule has 3 rings (SSSR count). The monoisotopic (exact) mass is 293 g/mol. The predicted molar refractivity (Wildman–Crippen MR) is 87.3 cm³/mol. The van der Waals surface area contributed by atoms with Gasteiger partial charge in [0, 0.05) is 11.8 Å². The molecule has 3 heteroatoms. The number of hydrogen-bond acceptors (Lipinski definition) is 2. The van der Waals surface area contributed by atoms with Gasteiger partial charge in [-0.2, -0.15) is 0 Å². The van der Waals surface area contributed by atoms with E-state index in [1.165, 1.54) is 11.5 Å². The number of carbonyl (C=O) groups excluding carboxylic acids is 1. The Kier molecular flexibility index (Phi) is 3.80. The van der Waals surface area contributed by atoms with Crippen LogP contribution in [0, 0.1) is 0 Å². The smallest absolute Gasteiger partial charge is 0.142 e. The molecule has 2 aromatic carbocycles. The van der Waals surface area contributed by atoms with E-state index in [-0.39, 0.29) is 0 Å². The summed E-state index contributed by atoms with van der Waals surface area (Å²) in [5, 5.41) is 2.73. The lowest BCUT2D eigenvalue weighted by molar-refractivity contribution is -0.104. The van der Waals surface area contributed by atoms with Crippen molar-refractivity contribution < 1.29 is 4.79 Å². The first-order valence-electron chi connectivity index (χ1n) is 6.55. The normalized spacial score (nSPS) is 11.1. The first-order valence-corrected chi connectivity index (χ1v) is 6.93. The van der Waals surface area contributed by atoms with E-state index in [0.29, 0.717) is 5.15 Å². The molecule has 0 saturated carbocycles. The molecule has 0 aliphatic carbocycles. The number of aldehydes is 1. The Morgan fingerprint density at radius 2 is 1.81 bits per heavy atom. The second kappa shape index (κ2) is 5.90. The van der Waals surface area contributed by atoms with Gasteiger partial charge in [-0.15, -0.1) is 0 Å². The SMILES string of the molecule is O=CC=Cc1c(-c2ccc3ccccc3c2)ccnc1Cl. The first kappa shape index (κ1) is 13.5. The number of aromatic nitrogens is 1. The summed E-state index contributed by atoms with van der Waals surface area (Å²) in [5.74, 6) is 0. The molecule has 0 bridgehead atoms. The van der Waals surface area contributed by atoms with Gasteiger partial charge in [0.25, 0.3) is 0 Å². The molecule has 3 aromatic rings. The van der Waals surface area contributed by atoms with Crippen molar-refractivity contribution in [2.75, 3.05) is 0 Å². The van der Waals surface area contributed by atoms with Crippen LogP contribution in [0.25, 0.3) is 28.0 Å². The van der Waals surface area contributed by atoms with Crippen molar-refractivity contribution in [2.45, 2.75) is 0 Å². The van der Waals surface area contributed by atoms with Crippen LogP contribution in [0.3, 0.4) is 0 Å². The van der Waals surface area contributed by atoms with Gasteiger partial charge in [0.2, 0.25) is 0 Å². The number of hydrogen-bond donors (Lipinski definition) is 0. The number of nitrogens with zero attached hydrogens (tertiary/aromatic N) is 1. The Balaban J connectivity index is 2.20. The van der Waals surface area contributed by atoms with Crippen molar-refractivity contribution in [3.8, 4) is 11.1 Å². The quantitative estimate of drug-likeness (QED) is 0.396. The molecule has 21 heavy (non-hydrogen) atoms. The molecule has 0 saturated heterocycles. The van der Waals surface area contributed by atoms with Crippen LogP contribution in [0.4, 0.5) is 0 Å². The molecule has 0 aliphatic rings. The highest BCUT2D eigenvalue weighted by Crippen LogP contribution is 2.30. The van der Waals surface area contributed by atoms with Gasteiger partial charge in [0.05, 0.1) is 0 Å². The molecule has 0 unspecified atom stereocenters. The fraction of sp³-hybridized carbons (Fsp3) is 0. The Labute approximate surface area is 127 Å². The predicted octanol–water partition coefficient (Wildman–Crippen LogP) is 4.77. The summed E-state index contributed by atoms with van der Waals surface area (Å²) < 4.78 is 0. The zero-order valence-corrected chi connectivity index (χ0v) is 11.9. The second-order valence-corrected chi connectivity index (χ2v) is 4.98. The maximum absolute atomic E-state index is 10.6. The third-order valence-corrected chi connectivity index (χ3v) is 3.64. The van der Waals surface area contributed by atoms with Crippen molar-refractivity contribution in [1.29, 1.82) is 0 Å². The van der Waals surface area contributed by atoms with Crippen LogP contribution in [0.5, 0.6) is 0 Å². The summed E-state index contributed by atoms with van der Waals surface area (Å²) in [6, 6.07) is 16.3. The highest BCUT2D eigenvalue weighted by atomic mass is 35.5. The van der Waals surface area contributed by atoms with Crippen LogP contribution in [-0.4, -0.2) is 11.3 Å². The Hall–Kier alpha value is -2.45. The minimum Gasteiger partial charge on any atom is -0.299 e. The molecule has 0 amide bonds. The highest BCUT2D eigenvalue weighted by molar-refractivity contribution is 6.31. The topological polar surface area (TPSA) is 30.0 Å². The lowest BCUT2D eigenvalue weighted by Crippen LogP contribution is -1.88. The molecule has 0 spiro atoms. The minimum absolute atomic E-state index is 0.388. The van der Waals surface area contributed by atoms with Crippen LogP contribution >= 0.6 is 11.6 Å². The first-order chi connectivity index (χ1) is 10.3. The minimum atomic E-state index is 0.388. The van der Waals surface area contributed by atoms with Gasteiger partial charge < -0.3 is 0 Å². The summed E-state index contributed by atoms with van der Waals surface area (Å²) in [6.45, 7) is 0. The van der Waals surface area contributed by atoms with Crippen LogP contribution < -0.4 is 0 Å². The van der Waals surface area contributed by atoms with Gasteiger partial charge in [-0.25, -0.2) is 4.98 Å². The molecule has 2 nitrogen and oxygen atoms in total. The largest absolute Gasteiger partial charge is 0.299 e. The van der Waals surface area contributed by atoms with E-state index in [2.05, 4.69) is 29.2 Å². The summed E-state index contributed by atoms with van der Waals surface area (Å²) >= 11 is 6.15. The summed E-state index contributed by atoms with van der Waals surface area (Å²) in [7, 11) is 0. The van der Waals surface area contributed by atoms with Crippen LogP contribution in [-0.2, 0) is 4.79 Å². The van der Waals surface area contributed by atoms with E-state index < -0.39 is 0 Å². The number of benzene rings is 2. The summed E-state index contributed by atoms with van der Waals surface area (Å²) in [6.07, 6.45) is 5.51. The molecule has 1 aromatic heterocycles. The third-order valence-electron chi connectivity index (χ3n) is 3.34. The van der Waals surface area contributed by atoms with Gasteiger partial charge in [-0.3, -0.25) is 4.79 Å². The van der Waals surface area contributed by atoms with Crippen molar-refractivity contribution in [3.63, 3.8) is 0 Å². The molecule has 102 valence electrons. The lowest BCUT2D eigenvalue weighted by atomic mass is 9.98. The van der Waals surface area contributed by atoms with Gasteiger partial charge in [-0.1, -0.05) is 48.0 Å². The van der Waals surface area contributed by atoms with E-state index in [4.69, 9.17) is 11.6 Å². The number of pyridine rings is 1. The van der Waals surface area contributed by atoms with Gasteiger partial charge in [0.1, 0.15) is 11.4 Å². The van der Waals surface area contributed by atoms with E-state index in [1.54, 1.807) is 12.3 Å². The maximum Gasteiger partial charge on any atom is 0.142 e. The molecule has 0 N–H and O–H groups in total. The standard InChI is InChI=1S/C18H12ClNO/c19-18-17(6-3-11-21)16(9-10-20-18)15-8-7-13-4-1-2-5-14(13)12-15/h1-12H. The molecular weight excluding hydrogens is 282 g/mol. The Morgan fingerprint density at radius 3 is 2.62 bits per heavy atom. The number of halogens is 1. The second-order valence-electron chi connectivity index (χ2n) is 4.62. The fourth-order valence-electron chi connectivity index (χ4n) is 2.35. The average molecular weight is 294 g/mol. The van der Waals surface area contributed by atoms with Crippen LogP contribution in [0.2, 0.25) is 5.15 Å². The third kappa shape index (κ3) is 2.71. The molecule has 0 fully saturated rings. The van der Waals surface area contributed by atoms with Gasteiger partial charge >= 0.3 is 0 Å². The van der Waals surface area contributed by atoms with E-state index >= 15 is 0 Å². The van der Waals surface area contributed by atoms with E-state index in [1.807, 2.05) is 24.3 Å². The lowest BCUT2D eigenvalue weighted by Gasteiger charge is -2.09. The summed E-state index contributed by atoms with van der Waals surface area (Å²) in [5.41, 5.74) is 2.75. The Morgan fingerprint density at radius 1 is 1.00 bits per heavy atom. The number of fused-ring (bicyclic) bond motifs is 1. The fourth-order valence-corrected chi connectivity index (χ4v) is 2.57. The van der Waals surface area contributed by atoms with Crippen molar-refractivity contribution in [1.82, 2.24) is 4.98 Å². The highest BCUT2D eigenvalue weighted by Gasteiger charge is 2.08. The zero-order chi connectivity index (χ0) is 14.7. The maximum atomic E-state index is 10.6. The average Bonchev–Trinajstić information content (AvgIpc) is 2.53. The molecule has 0 radical (unpaired) electrons. The molecule has 0 atom stereocenters. The van der Waals surface area contributed by atoms with Gasteiger partial charge in [-0.05, 0) is 46.2 Å². The van der Waals surface area contributed by atoms with Crippen molar-refractivity contribution in [3.05, 3.63) is 71.5 Å². The van der Waals surface area contributed by atoms with Crippen molar-refractivity contribution >= 4 is 34.7 Å². The number of rotatable bonds is 3. The van der Waals surface area contributed by atoms with Crippen molar-refractivity contribution in [2.24, 2.45) is 0 Å². The summed E-state index contributed by atoms with van der Waals surface area (Å²) in [4.78, 5) is 14.6. The van der Waals surface area contributed by atoms with Gasteiger partial charge in [0.15, 0.2) is 0 Å².